The number of aromatic nitrogens is 4. The Morgan fingerprint density at radius 2 is 2.14 bits per heavy atom. The van der Waals surface area contributed by atoms with E-state index < -0.39 is 0 Å². The van der Waals surface area contributed by atoms with Crippen LogP contribution in [0.5, 0.6) is 0 Å². The lowest BCUT2D eigenvalue weighted by atomic mass is 10.1. The van der Waals surface area contributed by atoms with E-state index in [2.05, 4.69) is 31.9 Å². The van der Waals surface area contributed by atoms with Gasteiger partial charge < -0.3 is 14.4 Å². The van der Waals surface area contributed by atoms with Crippen LogP contribution in [0.3, 0.4) is 0 Å². The van der Waals surface area contributed by atoms with Gasteiger partial charge in [0.05, 0.1) is 24.1 Å². The second-order valence-electron chi connectivity index (χ2n) is 4.72. The summed E-state index contributed by atoms with van der Waals surface area (Å²) in [6.07, 6.45) is 3.71. The quantitative estimate of drug-likeness (QED) is 0.779. The Hall–Kier alpha value is -2.63. The largest absolute Gasteiger partial charge is 0.379 e. The first kappa shape index (κ1) is 13.4. The SMILES string of the molecule is CCn1cncc1CNc1ccccc1-c1nc(C)no1. The molecule has 108 valence electrons. The molecule has 0 amide bonds. The Kier molecular flexibility index (Phi) is 3.68. The Labute approximate surface area is 122 Å². The van der Waals surface area contributed by atoms with Crippen LogP contribution in [0.25, 0.3) is 11.5 Å². The van der Waals surface area contributed by atoms with E-state index in [1.807, 2.05) is 43.7 Å². The fourth-order valence-electron chi connectivity index (χ4n) is 2.20. The van der Waals surface area contributed by atoms with Crippen LogP contribution < -0.4 is 5.32 Å². The number of rotatable bonds is 5. The lowest BCUT2D eigenvalue weighted by Gasteiger charge is -2.10. The maximum atomic E-state index is 5.25. The van der Waals surface area contributed by atoms with Crippen molar-refractivity contribution in [3.8, 4) is 11.5 Å². The monoisotopic (exact) mass is 283 g/mol. The molecule has 0 aliphatic carbocycles. The molecule has 6 nitrogen and oxygen atoms in total. The predicted octanol–water partition coefficient (Wildman–Crippen LogP) is 2.87. The number of hydrogen-bond donors (Lipinski definition) is 1. The van der Waals surface area contributed by atoms with Crippen LogP contribution in [0.2, 0.25) is 0 Å². The van der Waals surface area contributed by atoms with Crippen molar-refractivity contribution in [2.45, 2.75) is 26.9 Å². The summed E-state index contributed by atoms with van der Waals surface area (Å²) in [5.74, 6) is 1.16. The number of aryl methyl sites for hydroxylation is 2. The molecule has 0 unspecified atom stereocenters. The number of imidazole rings is 1. The van der Waals surface area contributed by atoms with Crippen LogP contribution >= 0.6 is 0 Å². The molecule has 0 saturated carbocycles. The van der Waals surface area contributed by atoms with Crippen LogP contribution in [-0.4, -0.2) is 19.7 Å². The molecule has 2 heterocycles. The zero-order valence-corrected chi connectivity index (χ0v) is 12.1. The first-order valence-corrected chi connectivity index (χ1v) is 6.90. The van der Waals surface area contributed by atoms with E-state index in [0.717, 1.165) is 23.5 Å². The number of hydrogen-bond acceptors (Lipinski definition) is 5. The van der Waals surface area contributed by atoms with Gasteiger partial charge in [0.25, 0.3) is 5.89 Å². The summed E-state index contributed by atoms with van der Waals surface area (Å²) in [5, 5.41) is 7.25. The van der Waals surface area contributed by atoms with E-state index in [0.29, 0.717) is 18.3 Å². The molecule has 21 heavy (non-hydrogen) atoms. The first-order chi connectivity index (χ1) is 10.3. The molecular weight excluding hydrogens is 266 g/mol. The molecule has 2 aromatic heterocycles. The van der Waals surface area contributed by atoms with E-state index in [1.165, 1.54) is 0 Å². The number of para-hydroxylation sites is 1. The molecule has 0 atom stereocenters. The third-order valence-corrected chi connectivity index (χ3v) is 3.28. The van der Waals surface area contributed by atoms with Gasteiger partial charge in [0.15, 0.2) is 5.82 Å². The summed E-state index contributed by atoms with van der Waals surface area (Å²) in [7, 11) is 0. The van der Waals surface area contributed by atoms with Gasteiger partial charge in [-0.1, -0.05) is 17.3 Å². The Morgan fingerprint density at radius 3 is 2.90 bits per heavy atom. The van der Waals surface area contributed by atoms with E-state index >= 15 is 0 Å². The minimum absolute atomic E-state index is 0.527. The van der Waals surface area contributed by atoms with E-state index in [4.69, 9.17) is 4.52 Å². The van der Waals surface area contributed by atoms with Gasteiger partial charge in [0.1, 0.15) is 0 Å². The van der Waals surface area contributed by atoms with Crippen LogP contribution in [0.1, 0.15) is 18.4 Å². The number of nitrogens with zero attached hydrogens (tertiary/aromatic N) is 4. The van der Waals surface area contributed by atoms with Gasteiger partial charge in [-0.15, -0.1) is 0 Å². The van der Waals surface area contributed by atoms with Crippen molar-refractivity contribution < 1.29 is 4.52 Å². The summed E-state index contributed by atoms with van der Waals surface area (Å²) in [6, 6.07) is 7.90. The molecule has 6 heteroatoms. The van der Waals surface area contributed by atoms with E-state index in [9.17, 15) is 0 Å². The lowest BCUT2D eigenvalue weighted by molar-refractivity contribution is 0.426. The molecule has 0 radical (unpaired) electrons. The molecule has 3 aromatic rings. The fourth-order valence-corrected chi connectivity index (χ4v) is 2.20. The van der Waals surface area contributed by atoms with Crippen molar-refractivity contribution in [3.05, 3.63) is 48.3 Å². The van der Waals surface area contributed by atoms with Gasteiger partial charge >= 0.3 is 0 Å². The summed E-state index contributed by atoms with van der Waals surface area (Å²) in [4.78, 5) is 8.46. The van der Waals surface area contributed by atoms with Gasteiger partial charge in [-0.25, -0.2) is 4.98 Å². The van der Waals surface area contributed by atoms with Crippen LogP contribution in [0, 0.1) is 6.92 Å². The van der Waals surface area contributed by atoms with Crippen molar-refractivity contribution in [2.75, 3.05) is 5.32 Å². The molecule has 0 saturated heterocycles. The highest BCUT2D eigenvalue weighted by molar-refractivity contribution is 5.72. The van der Waals surface area contributed by atoms with Gasteiger partial charge in [0.2, 0.25) is 0 Å². The van der Waals surface area contributed by atoms with Crippen molar-refractivity contribution in [1.82, 2.24) is 19.7 Å². The molecule has 3 rings (SSSR count). The van der Waals surface area contributed by atoms with Crippen LogP contribution in [0.15, 0.2) is 41.3 Å². The zero-order valence-electron chi connectivity index (χ0n) is 12.1. The third-order valence-electron chi connectivity index (χ3n) is 3.28. The summed E-state index contributed by atoms with van der Waals surface area (Å²) in [5.41, 5.74) is 3.00. The molecule has 0 bridgehead atoms. The summed E-state index contributed by atoms with van der Waals surface area (Å²) >= 11 is 0. The molecule has 1 N–H and O–H groups in total. The maximum Gasteiger partial charge on any atom is 0.260 e. The molecule has 0 fully saturated rings. The van der Waals surface area contributed by atoms with Crippen molar-refractivity contribution in [1.29, 1.82) is 0 Å². The normalized spacial score (nSPS) is 10.8. The van der Waals surface area contributed by atoms with E-state index in [1.54, 1.807) is 0 Å². The molecule has 0 aliphatic rings. The highest BCUT2D eigenvalue weighted by Gasteiger charge is 2.11. The van der Waals surface area contributed by atoms with Gasteiger partial charge in [0, 0.05) is 18.4 Å². The van der Waals surface area contributed by atoms with Crippen molar-refractivity contribution in [3.63, 3.8) is 0 Å². The molecule has 1 aromatic carbocycles. The third kappa shape index (κ3) is 2.79. The Morgan fingerprint density at radius 1 is 1.29 bits per heavy atom. The van der Waals surface area contributed by atoms with Gasteiger partial charge in [-0.2, -0.15) is 4.98 Å². The molecule has 0 spiro atoms. The standard InChI is InChI=1S/C15H17N5O/c1-3-20-10-16-8-12(20)9-17-14-7-5-4-6-13(14)15-18-11(2)19-21-15/h4-8,10,17H,3,9H2,1-2H3. The average molecular weight is 283 g/mol. The second kappa shape index (κ2) is 5.78. The lowest BCUT2D eigenvalue weighted by Crippen LogP contribution is -2.06. The van der Waals surface area contributed by atoms with E-state index in [-0.39, 0.29) is 0 Å². The summed E-state index contributed by atoms with van der Waals surface area (Å²) < 4.78 is 7.36. The Bertz CT molecular complexity index is 731. The number of benzene rings is 1. The minimum atomic E-state index is 0.527. The van der Waals surface area contributed by atoms with Crippen molar-refractivity contribution >= 4 is 5.69 Å². The molecule has 0 aliphatic heterocycles. The maximum absolute atomic E-state index is 5.25. The number of anilines is 1. The zero-order chi connectivity index (χ0) is 14.7. The van der Waals surface area contributed by atoms with Crippen LogP contribution in [-0.2, 0) is 13.1 Å². The second-order valence-corrected chi connectivity index (χ2v) is 4.72. The Balaban J connectivity index is 1.83. The molecular formula is C15H17N5O. The predicted molar refractivity (Wildman–Crippen MR) is 79.7 cm³/mol. The van der Waals surface area contributed by atoms with Crippen LogP contribution in [0.4, 0.5) is 5.69 Å². The smallest absolute Gasteiger partial charge is 0.260 e. The van der Waals surface area contributed by atoms with Gasteiger partial charge in [-0.05, 0) is 26.0 Å². The minimum Gasteiger partial charge on any atom is -0.379 e. The highest BCUT2D eigenvalue weighted by atomic mass is 16.5. The van der Waals surface area contributed by atoms with Crippen molar-refractivity contribution in [2.24, 2.45) is 0 Å². The fraction of sp³-hybridized carbons (Fsp3) is 0.267. The topological polar surface area (TPSA) is 68.8 Å². The summed E-state index contributed by atoms with van der Waals surface area (Å²) in [6.45, 7) is 5.50. The highest BCUT2D eigenvalue weighted by Crippen LogP contribution is 2.26. The van der Waals surface area contributed by atoms with Gasteiger partial charge in [-0.3, -0.25) is 0 Å². The average Bonchev–Trinajstić information content (AvgIpc) is 3.13. The first-order valence-electron chi connectivity index (χ1n) is 6.90. The number of nitrogens with one attached hydrogen (secondary N) is 1.